The Kier molecular flexibility index (Phi) is 5.10. The molecule has 18 heavy (non-hydrogen) atoms. The van der Waals surface area contributed by atoms with Crippen LogP contribution in [0.2, 0.25) is 0 Å². The van der Waals surface area contributed by atoms with E-state index in [1.807, 2.05) is 6.92 Å². The molecule has 0 aromatic heterocycles. The van der Waals surface area contributed by atoms with Crippen molar-refractivity contribution in [3.05, 3.63) is 33.9 Å². The number of aryl methyl sites for hydroxylation is 1. The average molecular weight is 252 g/mol. The van der Waals surface area contributed by atoms with Crippen molar-refractivity contribution in [2.24, 2.45) is 0 Å². The van der Waals surface area contributed by atoms with E-state index in [1.165, 1.54) is 6.07 Å². The minimum absolute atomic E-state index is 0.0406. The summed E-state index contributed by atoms with van der Waals surface area (Å²) in [5.74, 6) is -0.823. The summed E-state index contributed by atoms with van der Waals surface area (Å²) in [5.41, 5.74) is 1.46. The molecule has 0 radical (unpaired) electrons. The highest BCUT2D eigenvalue weighted by Crippen LogP contribution is 2.25. The first-order valence-corrected chi connectivity index (χ1v) is 5.71. The summed E-state index contributed by atoms with van der Waals surface area (Å²) in [5, 5.41) is 22.2. The van der Waals surface area contributed by atoms with Crippen molar-refractivity contribution >= 4 is 17.3 Å². The number of nitro benzene ring substituents is 1. The molecule has 0 fully saturated rings. The number of hydrogen-bond donors (Lipinski definition) is 2. The number of aliphatic carboxylic acids is 1. The summed E-state index contributed by atoms with van der Waals surface area (Å²) in [6.45, 7) is 2.39. The van der Waals surface area contributed by atoms with Gasteiger partial charge >= 0.3 is 5.97 Å². The van der Waals surface area contributed by atoms with Crippen molar-refractivity contribution < 1.29 is 14.8 Å². The zero-order valence-electron chi connectivity index (χ0n) is 10.2. The first kappa shape index (κ1) is 14.0. The first-order chi connectivity index (χ1) is 8.50. The van der Waals surface area contributed by atoms with Crippen LogP contribution in [0.15, 0.2) is 18.2 Å². The van der Waals surface area contributed by atoms with Crippen molar-refractivity contribution in [2.45, 2.75) is 26.2 Å². The third kappa shape index (κ3) is 4.40. The lowest BCUT2D eigenvalue weighted by Crippen LogP contribution is -2.05. The third-order valence-corrected chi connectivity index (χ3v) is 2.48. The van der Waals surface area contributed by atoms with Gasteiger partial charge in [-0.25, -0.2) is 0 Å². The molecule has 98 valence electrons. The third-order valence-electron chi connectivity index (χ3n) is 2.48. The summed E-state index contributed by atoms with van der Waals surface area (Å²) in [4.78, 5) is 20.7. The van der Waals surface area contributed by atoms with E-state index in [-0.39, 0.29) is 12.1 Å². The molecule has 0 bridgehead atoms. The van der Waals surface area contributed by atoms with Gasteiger partial charge in [0.15, 0.2) is 0 Å². The topological polar surface area (TPSA) is 92.5 Å². The van der Waals surface area contributed by atoms with E-state index in [1.54, 1.807) is 12.1 Å². The molecular formula is C12H16N2O4. The van der Waals surface area contributed by atoms with Crippen LogP contribution < -0.4 is 5.32 Å². The Labute approximate surface area is 105 Å². The van der Waals surface area contributed by atoms with Gasteiger partial charge in [-0.3, -0.25) is 14.9 Å². The van der Waals surface area contributed by atoms with Gasteiger partial charge < -0.3 is 10.4 Å². The van der Waals surface area contributed by atoms with Crippen LogP contribution >= 0.6 is 0 Å². The Hall–Kier alpha value is -2.11. The van der Waals surface area contributed by atoms with Gasteiger partial charge in [-0.2, -0.15) is 0 Å². The molecule has 0 unspecified atom stereocenters. The van der Waals surface area contributed by atoms with Gasteiger partial charge in [-0.05, 0) is 31.4 Å². The highest BCUT2D eigenvalue weighted by Gasteiger charge is 2.12. The fourth-order valence-corrected chi connectivity index (χ4v) is 1.57. The summed E-state index contributed by atoms with van der Waals surface area (Å²) in [7, 11) is 0. The van der Waals surface area contributed by atoms with E-state index in [0.717, 1.165) is 5.56 Å². The quantitative estimate of drug-likeness (QED) is 0.442. The molecule has 1 rings (SSSR count). The molecule has 1 aromatic carbocycles. The van der Waals surface area contributed by atoms with Gasteiger partial charge in [0.05, 0.1) is 4.92 Å². The molecule has 6 nitrogen and oxygen atoms in total. The Balaban J connectivity index is 2.53. The van der Waals surface area contributed by atoms with E-state index in [9.17, 15) is 14.9 Å². The number of unbranched alkanes of at least 4 members (excludes halogenated alkanes) is 1. The Morgan fingerprint density at radius 3 is 2.78 bits per heavy atom. The number of benzene rings is 1. The van der Waals surface area contributed by atoms with Gasteiger partial charge in [0.25, 0.3) is 5.69 Å². The second-order valence-electron chi connectivity index (χ2n) is 4.06. The van der Waals surface area contributed by atoms with Gasteiger partial charge in [0.1, 0.15) is 5.69 Å². The van der Waals surface area contributed by atoms with E-state index in [4.69, 9.17) is 5.11 Å². The number of hydrogen-bond acceptors (Lipinski definition) is 4. The van der Waals surface area contributed by atoms with E-state index in [2.05, 4.69) is 5.32 Å². The highest BCUT2D eigenvalue weighted by atomic mass is 16.6. The SMILES string of the molecule is Cc1ccc([N+](=O)[O-])c(NCCCCC(=O)O)c1. The summed E-state index contributed by atoms with van der Waals surface area (Å²) >= 11 is 0. The van der Waals surface area contributed by atoms with Crippen LogP contribution in [-0.2, 0) is 4.79 Å². The number of nitro groups is 1. The highest BCUT2D eigenvalue weighted by molar-refractivity contribution is 5.66. The summed E-state index contributed by atoms with van der Waals surface area (Å²) < 4.78 is 0. The average Bonchev–Trinajstić information content (AvgIpc) is 2.27. The lowest BCUT2D eigenvalue weighted by molar-refractivity contribution is -0.384. The number of nitrogens with zero attached hydrogens (tertiary/aromatic N) is 1. The maximum atomic E-state index is 10.8. The van der Waals surface area contributed by atoms with Crippen LogP contribution in [0.1, 0.15) is 24.8 Å². The molecule has 0 heterocycles. The minimum atomic E-state index is -0.823. The van der Waals surface area contributed by atoms with Gasteiger partial charge in [0, 0.05) is 19.0 Å². The molecule has 0 amide bonds. The lowest BCUT2D eigenvalue weighted by Gasteiger charge is -2.07. The zero-order valence-corrected chi connectivity index (χ0v) is 10.2. The monoisotopic (exact) mass is 252 g/mol. The van der Waals surface area contributed by atoms with Crippen molar-refractivity contribution in [3.63, 3.8) is 0 Å². The van der Waals surface area contributed by atoms with Crippen molar-refractivity contribution in [1.82, 2.24) is 0 Å². The van der Waals surface area contributed by atoms with Crippen LogP contribution in [0.25, 0.3) is 0 Å². The van der Waals surface area contributed by atoms with Gasteiger partial charge in [-0.1, -0.05) is 6.07 Å². The van der Waals surface area contributed by atoms with Crippen molar-refractivity contribution in [1.29, 1.82) is 0 Å². The lowest BCUT2D eigenvalue weighted by atomic mass is 10.2. The molecule has 0 saturated heterocycles. The minimum Gasteiger partial charge on any atom is -0.481 e. The molecule has 0 spiro atoms. The number of carboxylic acid groups (broad SMARTS) is 1. The molecule has 1 aromatic rings. The van der Waals surface area contributed by atoms with Gasteiger partial charge in [0.2, 0.25) is 0 Å². The van der Waals surface area contributed by atoms with Crippen LogP contribution in [0.5, 0.6) is 0 Å². The van der Waals surface area contributed by atoms with Crippen LogP contribution in [0, 0.1) is 17.0 Å². The fraction of sp³-hybridized carbons (Fsp3) is 0.417. The molecule has 0 atom stereocenters. The van der Waals surface area contributed by atoms with Crippen molar-refractivity contribution in [2.75, 3.05) is 11.9 Å². The summed E-state index contributed by atoms with van der Waals surface area (Å²) in [6.07, 6.45) is 1.34. The second kappa shape index (κ2) is 6.58. The number of carboxylic acids is 1. The smallest absolute Gasteiger partial charge is 0.303 e. The molecule has 0 aliphatic carbocycles. The van der Waals surface area contributed by atoms with E-state index >= 15 is 0 Å². The maximum absolute atomic E-state index is 10.8. The second-order valence-corrected chi connectivity index (χ2v) is 4.06. The largest absolute Gasteiger partial charge is 0.481 e. The predicted molar refractivity (Wildman–Crippen MR) is 67.8 cm³/mol. The first-order valence-electron chi connectivity index (χ1n) is 5.71. The number of anilines is 1. The molecular weight excluding hydrogens is 236 g/mol. The van der Waals surface area contributed by atoms with Crippen molar-refractivity contribution in [3.8, 4) is 0 Å². The number of nitrogens with one attached hydrogen (secondary N) is 1. The molecule has 2 N–H and O–H groups in total. The molecule has 0 saturated carbocycles. The maximum Gasteiger partial charge on any atom is 0.303 e. The Bertz CT molecular complexity index is 446. The van der Waals surface area contributed by atoms with Crippen LogP contribution in [0.3, 0.4) is 0 Å². The summed E-state index contributed by atoms with van der Waals surface area (Å²) in [6, 6.07) is 4.87. The Morgan fingerprint density at radius 1 is 1.44 bits per heavy atom. The number of rotatable bonds is 7. The van der Waals surface area contributed by atoms with Gasteiger partial charge in [-0.15, -0.1) is 0 Å². The standard InChI is InChI=1S/C12H16N2O4/c1-9-5-6-11(14(17)18)10(8-9)13-7-3-2-4-12(15)16/h5-6,8,13H,2-4,7H2,1H3,(H,15,16). The molecule has 6 heteroatoms. The number of carbonyl (C=O) groups is 1. The molecule has 0 aliphatic heterocycles. The van der Waals surface area contributed by atoms with E-state index < -0.39 is 10.9 Å². The normalized spacial score (nSPS) is 10.1. The van der Waals surface area contributed by atoms with E-state index in [0.29, 0.717) is 25.1 Å². The molecule has 0 aliphatic rings. The predicted octanol–water partition coefficient (Wildman–Crippen LogP) is 2.57. The van der Waals surface area contributed by atoms with Crippen LogP contribution in [-0.4, -0.2) is 22.5 Å². The van der Waals surface area contributed by atoms with Crippen LogP contribution in [0.4, 0.5) is 11.4 Å². The Morgan fingerprint density at radius 2 is 2.17 bits per heavy atom. The fourth-order valence-electron chi connectivity index (χ4n) is 1.57. The zero-order chi connectivity index (χ0) is 13.5.